The van der Waals surface area contributed by atoms with Crippen LogP contribution in [0.1, 0.15) is 20.3 Å². The van der Waals surface area contributed by atoms with Gasteiger partial charge in [0.1, 0.15) is 5.75 Å². The van der Waals surface area contributed by atoms with Crippen molar-refractivity contribution >= 4 is 5.69 Å². The van der Waals surface area contributed by atoms with Crippen LogP contribution in [-0.2, 0) is 0 Å². The Hall–Kier alpha value is -1.22. The van der Waals surface area contributed by atoms with Gasteiger partial charge in [0.15, 0.2) is 0 Å². The van der Waals surface area contributed by atoms with Crippen LogP contribution >= 0.6 is 0 Å². The summed E-state index contributed by atoms with van der Waals surface area (Å²) in [6, 6.07) is 9.08. The maximum absolute atomic E-state index is 5.48. The van der Waals surface area contributed by atoms with Crippen LogP contribution in [0.4, 0.5) is 5.69 Å². The Kier molecular flexibility index (Phi) is 4.48. The number of hydrogen-bond acceptors (Lipinski definition) is 3. The van der Waals surface area contributed by atoms with Gasteiger partial charge in [-0.2, -0.15) is 0 Å². The average Bonchev–Trinajstić information content (AvgIpc) is 2.73. The normalized spacial score (nSPS) is 23.4. The molecule has 2 unspecified atom stereocenters. The molecule has 1 aliphatic rings. The van der Waals surface area contributed by atoms with E-state index in [-0.39, 0.29) is 0 Å². The molecule has 0 amide bonds. The minimum atomic E-state index is 0.607. The summed E-state index contributed by atoms with van der Waals surface area (Å²) in [5, 5.41) is 3.29. The molecule has 0 bridgehead atoms. The summed E-state index contributed by atoms with van der Waals surface area (Å²) < 4.78 is 5.48. The van der Waals surface area contributed by atoms with E-state index in [9.17, 15) is 0 Å². The maximum Gasteiger partial charge on any atom is 0.119 e. The van der Waals surface area contributed by atoms with E-state index in [2.05, 4.69) is 41.4 Å². The van der Waals surface area contributed by atoms with Crippen molar-refractivity contribution in [2.45, 2.75) is 26.3 Å². The molecule has 1 heterocycles. The molecule has 18 heavy (non-hydrogen) atoms. The third-order valence-electron chi connectivity index (χ3n) is 3.86. The largest absolute Gasteiger partial charge is 0.494 e. The highest BCUT2D eigenvalue weighted by molar-refractivity contribution is 5.51. The number of anilines is 1. The maximum atomic E-state index is 5.48. The second-order valence-corrected chi connectivity index (χ2v) is 4.97. The van der Waals surface area contributed by atoms with Crippen molar-refractivity contribution in [2.75, 3.05) is 31.6 Å². The zero-order valence-electron chi connectivity index (χ0n) is 11.6. The molecule has 2 rings (SSSR count). The van der Waals surface area contributed by atoms with Crippen LogP contribution in [-0.4, -0.2) is 32.8 Å². The molecule has 0 radical (unpaired) electrons. The molecule has 2 atom stereocenters. The second kappa shape index (κ2) is 6.10. The molecule has 1 saturated heterocycles. The summed E-state index contributed by atoms with van der Waals surface area (Å²) in [5.74, 6) is 1.71. The van der Waals surface area contributed by atoms with Gasteiger partial charge in [-0.25, -0.2) is 0 Å². The Bertz CT molecular complexity index is 363. The predicted molar refractivity (Wildman–Crippen MR) is 76.5 cm³/mol. The SMILES string of the molecule is CCOc1ccc(N2CCC(CNC)C2C)cc1. The first kappa shape index (κ1) is 13.2. The van der Waals surface area contributed by atoms with Crippen LogP contribution in [0.25, 0.3) is 0 Å². The first-order chi connectivity index (χ1) is 8.76. The standard InChI is InChI=1S/C15H24N2O/c1-4-18-15-7-5-14(6-8-15)17-10-9-13(11-16-3)12(17)2/h5-8,12-13,16H,4,9-11H2,1-3H3. The number of benzene rings is 1. The average molecular weight is 248 g/mol. The van der Waals surface area contributed by atoms with Crippen molar-refractivity contribution in [3.63, 3.8) is 0 Å². The van der Waals surface area contributed by atoms with Gasteiger partial charge in [0, 0.05) is 18.3 Å². The molecule has 1 fully saturated rings. The van der Waals surface area contributed by atoms with Crippen LogP contribution < -0.4 is 15.0 Å². The van der Waals surface area contributed by atoms with E-state index < -0.39 is 0 Å². The molecule has 1 aliphatic heterocycles. The molecule has 0 spiro atoms. The lowest BCUT2D eigenvalue weighted by molar-refractivity contribution is 0.340. The van der Waals surface area contributed by atoms with Gasteiger partial charge in [0.05, 0.1) is 6.61 Å². The van der Waals surface area contributed by atoms with E-state index in [4.69, 9.17) is 4.74 Å². The van der Waals surface area contributed by atoms with Gasteiger partial charge in [0.25, 0.3) is 0 Å². The topological polar surface area (TPSA) is 24.5 Å². The van der Waals surface area contributed by atoms with Crippen LogP contribution in [0.15, 0.2) is 24.3 Å². The van der Waals surface area contributed by atoms with Gasteiger partial charge in [-0.15, -0.1) is 0 Å². The summed E-state index contributed by atoms with van der Waals surface area (Å²) >= 11 is 0. The lowest BCUT2D eigenvalue weighted by Gasteiger charge is -2.27. The lowest BCUT2D eigenvalue weighted by atomic mass is 10.0. The number of hydrogen-bond donors (Lipinski definition) is 1. The van der Waals surface area contributed by atoms with Crippen molar-refractivity contribution in [1.82, 2.24) is 5.32 Å². The smallest absolute Gasteiger partial charge is 0.119 e. The molecule has 3 nitrogen and oxygen atoms in total. The molecule has 100 valence electrons. The summed E-state index contributed by atoms with van der Waals surface area (Å²) in [7, 11) is 2.03. The zero-order valence-corrected chi connectivity index (χ0v) is 11.6. The van der Waals surface area contributed by atoms with Gasteiger partial charge in [0.2, 0.25) is 0 Å². The van der Waals surface area contributed by atoms with Gasteiger partial charge >= 0.3 is 0 Å². The second-order valence-electron chi connectivity index (χ2n) is 4.97. The fourth-order valence-corrected chi connectivity index (χ4v) is 2.80. The van der Waals surface area contributed by atoms with Crippen molar-refractivity contribution in [3.8, 4) is 5.75 Å². The number of nitrogens with one attached hydrogen (secondary N) is 1. The Morgan fingerprint density at radius 3 is 2.67 bits per heavy atom. The minimum Gasteiger partial charge on any atom is -0.494 e. The van der Waals surface area contributed by atoms with Crippen LogP contribution in [0.3, 0.4) is 0 Å². The van der Waals surface area contributed by atoms with Crippen molar-refractivity contribution in [2.24, 2.45) is 5.92 Å². The highest BCUT2D eigenvalue weighted by atomic mass is 16.5. The number of rotatable bonds is 5. The van der Waals surface area contributed by atoms with Crippen molar-refractivity contribution in [3.05, 3.63) is 24.3 Å². The van der Waals surface area contributed by atoms with Gasteiger partial charge in [-0.3, -0.25) is 0 Å². The van der Waals surface area contributed by atoms with E-state index in [1.807, 2.05) is 14.0 Å². The number of ether oxygens (including phenoxy) is 1. The Morgan fingerprint density at radius 1 is 1.33 bits per heavy atom. The van der Waals surface area contributed by atoms with Gasteiger partial charge < -0.3 is 15.0 Å². The summed E-state index contributed by atoms with van der Waals surface area (Å²) in [4.78, 5) is 2.50. The molecule has 0 aromatic heterocycles. The molecule has 1 N–H and O–H groups in total. The highest BCUT2D eigenvalue weighted by Gasteiger charge is 2.29. The lowest BCUT2D eigenvalue weighted by Crippen LogP contribution is -2.33. The molecular weight excluding hydrogens is 224 g/mol. The number of nitrogens with zero attached hydrogens (tertiary/aromatic N) is 1. The van der Waals surface area contributed by atoms with Crippen LogP contribution in [0.5, 0.6) is 5.75 Å². The fourth-order valence-electron chi connectivity index (χ4n) is 2.80. The molecule has 1 aromatic carbocycles. The quantitative estimate of drug-likeness (QED) is 0.866. The van der Waals surface area contributed by atoms with Crippen LogP contribution in [0, 0.1) is 5.92 Å². The molecule has 1 aromatic rings. The summed E-state index contributed by atoms with van der Waals surface area (Å²) in [6.45, 7) is 7.32. The fraction of sp³-hybridized carbons (Fsp3) is 0.600. The minimum absolute atomic E-state index is 0.607. The zero-order chi connectivity index (χ0) is 13.0. The van der Waals surface area contributed by atoms with Crippen molar-refractivity contribution < 1.29 is 4.74 Å². The van der Waals surface area contributed by atoms with E-state index >= 15 is 0 Å². The molecule has 0 saturated carbocycles. The van der Waals surface area contributed by atoms with Gasteiger partial charge in [-0.1, -0.05) is 0 Å². The Morgan fingerprint density at radius 2 is 2.06 bits per heavy atom. The third-order valence-corrected chi connectivity index (χ3v) is 3.86. The Balaban J connectivity index is 2.03. The van der Waals surface area contributed by atoms with Gasteiger partial charge in [-0.05, 0) is 64.0 Å². The predicted octanol–water partition coefficient (Wildman–Crippen LogP) is 2.52. The van der Waals surface area contributed by atoms with Crippen LogP contribution in [0.2, 0.25) is 0 Å². The van der Waals surface area contributed by atoms with E-state index in [1.165, 1.54) is 12.1 Å². The third kappa shape index (κ3) is 2.78. The van der Waals surface area contributed by atoms with E-state index in [0.717, 1.165) is 31.4 Å². The monoisotopic (exact) mass is 248 g/mol. The van der Waals surface area contributed by atoms with Crippen molar-refractivity contribution in [1.29, 1.82) is 0 Å². The van der Waals surface area contributed by atoms with E-state index in [0.29, 0.717) is 6.04 Å². The summed E-state index contributed by atoms with van der Waals surface area (Å²) in [6.07, 6.45) is 1.27. The van der Waals surface area contributed by atoms with E-state index in [1.54, 1.807) is 0 Å². The molecule has 0 aliphatic carbocycles. The molecule has 3 heteroatoms. The summed E-state index contributed by atoms with van der Waals surface area (Å²) in [5.41, 5.74) is 1.31. The Labute approximate surface area is 110 Å². The highest BCUT2D eigenvalue weighted by Crippen LogP contribution is 2.30. The molecular formula is C15H24N2O. The first-order valence-corrected chi connectivity index (χ1v) is 6.90. The first-order valence-electron chi connectivity index (χ1n) is 6.90.